The molecule has 0 amide bonds. The van der Waals surface area contributed by atoms with E-state index in [4.69, 9.17) is 4.74 Å². The van der Waals surface area contributed by atoms with Crippen LogP contribution in [0.3, 0.4) is 0 Å². The smallest absolute Gasteiger partial charge is 0.318 e. The molecule has 0 saturated carbocycles. The van der Waals surface area contributed by atoms with Gasteiger partial charge in [-0.3, -0.25) is 4.79 Å². The third-order valence-corrected chi connectivity index (χ3v) is 5.50. The highest BCUT2D eigenvalue weighted by atomic mass is 16.5. The maximum absolute atomic E-state index is 13.0. The van der Waals surface area contributed by atoms with E-state index in [2.05, 4.69) is 26.0 Å². The van der Waals surface area contributed by atoms with E-state index in [1.807, 2.05) is 43.3 Å². The van der Waals surface area contributed by atoms with Crippen molar-refractivity contribution in [1.29, 1.82) is 0 Å². The van der Waals surface area contributed by atoms with E-state index in [0.29, 0.717) is 5.75 Å². The molecule has 0 bridgehead atoms. The molecular formula is C26H36O2. The summed E-state index contributed by atoms with van der Waals surface area (Å²) in [5, 5.41) is 0. The number of benzene rings is 2. The van der Waals surface area contributed by atoms with E-state index in [1.165, 1.54) is 44.9 Å². The van der Waals surface area contributed by atoms with Crippen LogP contribution in [0.15, 0.2) is 48.5 Å². The van der Waals surface area contributed by atoms with Gasteiger partial charge < -0.3 is 4.74 Å². The number of carbonyl (C=O) groups excluding carboxylic acids is 1. The Kier molecular flexibility index (Phi) is 9.82. The predicted molar refractivity (Wildman–Crippen MR) is 118 cm³/mol. The minimum absolute atomic E-state index is 0.133. The third-order valence-electron chi connectivity index (χ3n) is 5.50. The summed E-state index contributed by atoms with van der Waals surface area (Å²) < 4.78 is 5.80. The molecule has 0 saturated heterocycles. The van der Waals surface area contributed by atoms with Crippen LogP contribution in [0.1, 0.15) is 87.3 Å². The van der Waals surface area contributed by atoms with Gasteiger partial charge in [-0.15, -0.1) is 0 Å². The van der Waals surface area contributed by atoms with Gasteiger partial charge in [0.05, 0.1) is 5.92 Å². The molecule has 1 unspecified atom stereocenters. The van der Waals surface area contributed by atoms with Crippen LogP contribution in [0.4, 0.5) is 0 Å². The van der Waals surface area contributed by atoms with Gasteiger partial charge in [-0.2, -0.15) is 0 Å². The van der Waals surface area contributed by atoms with Gasteiger partial charge in [0.25, 0.3) is 0 Å². The average molecular weight is 381 g/mol. The number of para-hydroxylation sites is 1. The van der Waals surface area contributed by atoms with Crippen LogP contribution in [0.25, 0.3) is 0 Å². The molecule has 0 N–H and O–H groups in total. The molecular weight excluding hydrogens is 344 g/mol. The molecule has 2 aromatic rings. The summed E-state index contributed by atoms with van der Waals surface area (Å²) in [5.41, 5.74) is 3.25. The van der Waals surface area contributed by atoms with Crippen LogP contribution in [-0.2, 0) is 4.79 Å². The van der Waals surface area contributed by atoms with Gasteiger partial charge >= 0.3 is 5.97 Å². The number of ether oxygens (including phenoxy) is 1. The summed E-state index contributed by atoms with van der Waals surface area (Å²) in [6.07, 6.45) is 11.0. The van der Waals surface area contributed by atoms with Crippen LogP contribution < -0.4 is 4.74 Å². The number of esters is 1. The first-order chi connectivity index (χ1) is 13.6. The first-order valence-corrected chi connectivity index (χ1v) is 11.0. The minimum atomic E-state index is -0.194. The maximum atomic E-state index is 13.0. The highest BCUT2D eigenvalue weighted by Gasteiger charge is 2.24. The summed E-state index contributed by atoms with van der Waals surface area (Å²) in [5.74, 6) is 0.342. The van der Waals surface area contributed by atoms with Gasteiger partial charge in [0.2, 0.25) is 0 Å². The molecule has 0 spiro atoms. The van der Waals surface area contributed by atoms with Crippen LogP contribution in [0.2, 0.25) is 0 Å². The molecule has 0 aliphatic rings. The largest absolute Gasteiger partial charge is 0.426 e. The molecule has 2 heteroatoms. The van der Waals surface area contributed by atoms with Crippen LogP contribution in [0.5, 0.6) is 5.75 Å². The lowest BCUT2D eigenvalue weighted by Gasteiger charge is -2.19. The molecule has 1 atom stereocenters. The Morgan fingerprint density at radius 3 is 2.00 bits per heavy atom. The summed E-state index contributed by atoms with van der Waals surface area (Å²) >= 11 is 0. The average Bonchev–Trinajstić information content (AvgIpc) is 2.69. The number of aryl methyl sites for hydroxylation is 2. The lowest BCUT2D eigenvalue weighted by molar-refractivity contribution is -0.136. The second kappa shape index (κ2) is 12.4. The Morgan fingerprint density at radius 1 is 0.786 bits per heavy atom. The molecule has 0 aliphatic carbocycles. The fourth-order valence-electron chi connectivity index (χ4n) is 3.71. The molecule has 0 aliphatic heterocycles. The number of rotatable bonds is 12. The first-order valence-electron chi connectivity index (χ1n) is 11.0. The summed E-state index contributed by atoms with van der Waals surface area (Å²) in [6, 6.07) is 15.9. The van der Waals surface area contributed by atoms with Gasteiger partial charge in [0.1, 0.15) is 5.75 Å². The zero-order valence-electron chi connectivity index (χ0n) is 17.9. The van der Waals surface area contributed by atoms with E-state index < -0.39 is 0 Å². The van der Waals surface area contributed by atoms with Crippen molar-refractivity contribution in [1.82, 2.24) is 0 Å². The van der Waals surface area contributed by atoms with Crippen molar-refractivity contribution >= 4 is 5.97 Å². The molecule has 0 heterocycles. The van der Waals surface area contributed by atoms with Gasteiger partial charge in [0.15, 0.2) is 0 Å². The van der Waals surface area contributed by atoms with Gasteiger partial charge in [0, 0.05) is 0 Å². The minimum Gasteiger partial charge on any atom is -0.426 e. The van der Waals surface area contributed by atoms with Crippen LogP contribution in [0, 0.1) is 13.8 Å². The number of hydrogen-bond acceptors (Lipinski definition) is 2. The highest BCUT2D eigenvalue weighted by molar-refractivity contribution is 5.81. The van der Waals surface area contributed by atoms with E-state index in [-0.39, 0.29) is 11.9 Å². The van der Waals surface area contributed by atoms with Crippen molar-refractivity contribution in [2.75, 3.05) is 0 Å². The molecule has 28 heavy (non-hydrogen) atoms. The zero-order valence-corrected chi connectivity index (χ0v) is 17.9. The van der Waals surface area contributed by atoms with Crippen molar-refractivity contribution < 1.29 is 9.53 Å². The van der Waals surface area contributed by atoms with Crippen molar-refractivity contribution in [3.63, 3.8) is 0 Å². The SMILES string of the molecule is CCCCCCCCCCC(C(=O)Oc1ccccc1C)c1ccccc1C. The van der Waals surface area contributed by atoms with E-state index in [1.54, 1.807) is 0 Å². The lowest BCUT2D eigenvalue weighted by atomic mass is 9.90. The molecule has 2 aromatic carbocycles. The van der Waals surface area contributed by atoms with Crippen molar-refractivity contribution in [3.8, 4) is 5.75 Å². The standard InChI is InChI=1S/C26H36O2/c1-4-5-6-7-8-9-10-11-19-24(23-18-14-12-16-21(23)2)26(27)28-25-20-15-13-17-22(25)3/h12-18,20,24H,4-11,19H2,1-3H3. The Morgan fingerprint density at radius 2 is 1.36 bits per heavy atom. The number of unbranched alkanes of at least 4 members (excludes halogenated alkanes) is 7. The van der Waals surface area contributed by atoms with Crippen LogP contribution >= 0.6 is 0 Å². The summed E-state index contributed by atoms with van der Waals surface area (Å²) in [7, 11) is 0. The van der Waals surface area contributed by atoms with E-state index >= 15 is 0 Å². The molecule has 2 nitrogen and oxygen atoms in total. The zero-order chi connectivity index (χ0) is 20.2. The Hall–Kier alpha value is -2.09. The second-order valence-electron chi connectivity index (χ2n) is 7.86. The van der Waals surface area contributed by atoms with Gasteiger partial charge in [-0.25, -0.2) is 0 Å². The predicted octanol–water partition coefficient (Wildman–Crippen LogP) is 7.52. The summed E-state index contributed by atoms with van der Waals surface area (Å²) in [6.45, 7) is 6.31. The van der Waals surface area contributed by atoms with E-state index in [9.17, 15) is 4.79 Å². The summed E-state index contributed by atoms with van der Waals surface area (Å²) in [4.78, 5) is 13.0. The number of carbonyl (C=O) groups is 1. The van der Waals surface area contributed by atoms with Gasteiger partial charge in [-0.1, -0.05) is 101 Å². The van der Waals surface area contributed by atoms with Crippen molar-refractivity contribution in [2.24, 2.45) is 0 Å². The lowest BCUT2D eigenvalue weighted by Crippen LogP contribution is -2.20. The molecule has 152 valence electrons. The molecule has 2 rings (SSSR count). The normalized spacial score (nSPS) is 12.0. The third kappa shape index (κ3) is 7.14. The van der Waals surface area contributed by atoms with Crippen LogP contribution in [-0.4, -0.2) is 5.97 Å². The Balaban J connectivity index is 1.95. The maximum Gasteiger partial charge on any atom is 0.318 e. The fourth-order valence-corrected chi connectivity index (χ4v) is 3.71. The van der Waals surface area contributed by atoms with Crippen molar-refractivity contribution in [2.45, 2.75) is 84.5 Å². The Labute approximate surface area is 171 Å². The Bertz CT molecular complexity index is 720. The highest BCUT2D eigenvalue weighted by Crippen LogP contribution is 2.29. The van der Waals surface area contributed by atoms with Gasteiger partial charge in [-0.05, 0) is 43.0 Å². The quantitative estimate of drug-likeness (QED) is 0.216. The van der Waals surface area contributed by atoms with Crippen molar-refractivity contribution in [3.05, 3.63) is 65.2 Å². The second-order valence-corrected chi connectivity index (χ2v) is 7.86. The van der Waals surface area contributed by atoms with E-state index in [0.717, 1.165) is 29.5 Å². The fraction of sp³-hybridized carbons (Fsp3) is 0.500. The number of hydrogen-bond donors (Lipinski definition) is 0. The molecule has 0 radical (unpaired) electrons. The first kappa shape index (κ1) is 22.2. The molecule has 0 fully saturated rings. The molecule has 0 aromatic heterocycles. The monoisotopic (exact) mass is 380 g/mol. The topological polar surface area (TPSA) is 26.3 Å².